The molecule has 2 unspecified atom stereocenters. The summed E-state index contributed by atoms with van der Waals surface area (Å²) in [6, 6.07) is 7.87. The van der Waals surface area contributed by atoms with E-state index in [-0.39, 0.29) is 17.9 Å². The van der Waals surface area contributed by atoms with Gasteiger partial charge in [-0.2, -0.15) is 0 Å². The van der Waals surface area contributed by atoms with E-state index >= 15 is 0 Å². The van der Waals surface area contributed by atoms with Gasteiger partial charge in [0.1, 0.15) is 0 Å². The fraction of sp³-hybridized carbons (Fsp3) is 0.462. The molecule has 2 aliphatic heterocycles. The second-order valence-corrected chi connectivity index (χ2v) is 5.75. The van der Waals surface area contributed by atoms with Gasteiger partial charge in [0.15, 0.2) is 0 Å². The van der Waals surface area contributed by atoms with Gasteiger partial charge in [-0.15, -0.1) is 11.8 Å². The second-order valence-electron chi connectivity index (χ2n) is 4.61. The maximum Gasteiger partial charge on any atom is 0.234 e. The summed E-state index contributed by atoms with van der Waals surface area (Å²) in [5.41, 5.74) is 6.94. The average molecular weight is 264 g/mol. The molecule has 18 heavy (non-hydrogen) atoms. The highest BCUT2D eigenvalue weighted by molar-refractivity contribution is 7.99. The quantitative estimate of drug-likeness (QED) is 0.825. The number of para-hydroxylation sites is 1. The predicted octanol–water partition coefficient (Wildman–Crippen LogP) is 1.10. The standard InChI is InChI=1S/C13H16N2O2S/c14-10-8-17-7-9(10)13(16)15-5-6-18-12-4-2-1-3-11(12)15/h1-4,9-10H,5-8,14H2. The maximum atomic E-state index is 12.5. The third-order valence-corrected chi connectivity index (χ3v) is 4.48. The van der Waals surface area contributed by atoms with Crippen LogP contribution in [0.15, 0.2) is 29.2 Å². The van der Waals surface area contributed by atoms with E-state index in [0.717, 1.165) is 18.0 Å². The lowest BCUT2D eigenvalue weighted by atomic mass is 10.0. The molecule has 0 aromatic heterocycles. The Hall–Kier alpha value is -1.04. The number of nitrogens with zero attached hydrogens (tertiary/aromatic N) is 1. The van der Waals surface area contributed by atoms with Crippen LogP contribution in [0, 0.1) is 5.92 Å². The van der Waals surface area contributed by atoms with Crippen molar-refractivity contribution in [3.8, 4) is 0 Å². The van der Waals surface area contributed by atoms with Crippen LogP contribution in [0.2, 0.25) is 0 Å². The summed E-state index contributed by atoms with van der Waals surface area (Å²) in [5.74, 6) is 0.847. The molecule has 1 amide bonds. The van der Waals surface area contributed by atoms with Crippen molar-refractivity contribution in [2.45, 2.75) is 10.9 Å². The first kappa shape index (κ1) is 12.0. The number of ether oxygens (including phenoxy) is 1. The molecule has 3 rings (SSSR count). The van der Waals surface area contributed by atoms with E-state index in [1.165, 1.54) is 4.90 Å². The number of carbonyl (C=O) groups excluding carboxylic acids is 1. The van der Waals surface area contributed by atoms with E-state index in [4.69, 9.17) is 10.5 Å². The van der Waals surface area contributed by atoms with Crippen LogP contribution in [0.25, 0.3) is 0 Å². The summed E-state index contributed by atoms with van der Waals surface area (Å²) in [5, 5.41) is 0. The number of hydrogen-bond acceptors (Lipinski definition) is 4. The number of carbonyl (C=O) groups is 1. The molecule has 2 heterocycles. The molecule has 0 spiro atoms. The molecule has 2 aliphatic rings. The van der Waals surface area contributed by atoms with Crippen molar-refractivity contribution in [2.24, 2.45) is 11.7 Å². The molecule has 0 saturated carbocycles. The minimum Gasteiger partial charge on any atom is -0.379 e. The molecule has 0 radical (unpaired) electrons. The van der Waals surface area contributed by atoms with Gasteiger partial charge >= 0.3 is 0 Å². The summed E-state index contributed by atoms with van der Waals surface area (Å²) in [6.45, 7) is 1.69. The number of thioether (sulfide) groups is 1. The minimum absolute atomic E-state index is 0.104. The van der Waals surface area contributed by atoms with Crippen LogP contribution in [0.5, 0.6) is 0 Å². The van der Waals surface area contributed by atoms with Gasteiger partial charge in [0.05, 0.1) is 24.8 Å². The van der Waals surface area contributed by atoms with Gasteiger partial charge < -0.3 is 15.4 Å². The van der Waals surface area contributed by atoms with E-state index in [2.05, 4.69) is 6.07 Å². The number of nitrogens with two attached hydrogens (primary N) is 1. The molecular formula is C13H16N2O2S. The topological polar surface area (TPSA) is 55.6 Å². The average Bonchev–Trinajstić information content (AvgIpc) is 2.83. The van der Waals surface area contributed by atoms with Gasteiger partial charge in [-0.1, -0.05) is 12.1 Å². The molecule has 1 saturated heterocycles. The molecule has 0 aliphatic carbocycles. The Morgan fingerprint density at radius 2 is 2.22 bits per heavy atom. The van der Waals surface area contributed by atoms with Crippen molar-refractivity contribution in [3.05, 3.63) is 24.3 Å². The highest BCUT2D eigenvalue weighted by Gasteiger charge is 2.36. The number of anilines is 1. The number of benzene rings is 1. The van der Waals surface area contributed by atoms with Crippen LogP contribution >= 0.6 is 11.8 Å². The Labute approximate surface area is 110 Å². The van der Waals surface area contributed by atoms with Crippen LogP contribution < -0.4 is 10.6 Å². The fourth-order valence-electron chi connectivity index (χ4n) is 2.42. The van der Waals surface area contributed by atoms with E-state index < -0.39 is 0 Å². The zero-order chi connectivity index (χ0) is 12.5. The first-order valence-corrected chi connectivity index (χ1v) is 7.12. The number of hydrogen-bond donors (Lipinski definition) is 1. The summed E-state index contributed by atoms with van der Waals surface area (Å²) < 4.78 is 5.29. The molecule has 4 nitrogen and oxygen atoms in total. The van der Waals surface area contributed by atoms with Gasteiger partial charge in [-0.3, -0.25) is 4.79 Å². The third kappa shape index (κ3) is 2.02. The third-order valence-electron chi connectivity index (χ3n) is 3.44. The van der Waals surface area contributed by atoms with Crippen LogP contribution in [-0.4, -0.2) is 37.5 Å². The molecule has 96 valence electrons. The molecule has 2 atom stereocenters. The SMILES string of the molecule is NC1COCC1C(=O)N1CCSc2ccccc21. The lowest BCUT2D eigenvalue weighted by molar-refractivity contribution is -0.122. The number of fused-ring (bicyclic) bond motifs is 1. The first-order chi connectivity index (χ1) is 8.77. The fourth-order valence-corrected chi connectivity index (χ4v) is 3.42. The van der Waals surface area contributed by atoms with E-state index in [0.29, 0.717) is 13.2 Å². The molecule has 2 N–H and O–H groups in total. The van der Waals surface area contributed by atoms with Gasteiger partial charge in [-0.05, 0) is 12.1 Å². The van der Waals surface area contributed by atoms with Crippen LogP contribution in [-0.2, 0) is 9.53 Å². The Morgan fingerprint density at radius 3 is 3.00 bits per heavy atom. The summed E-state index contributed by atoms with van der Waals surface area (Å²) in [4.78, 5) is 15.6. The van der Waals surface area contributed by atoms with Crippen LogP contribution in [0.1, 0.15) is 0 Å². The number of amides is 1. The minimum atomic E-state index is -0.193. The highest BCUT2D eigenvalue weighted by atomic mass is 32.2. The molecule has 1 aromatic carbocycles. The zero-order valence-corrected chi connectivity index (χ0v) is 10.9. The first-order valence-electron chi connectivity index (χ1n) is 6.14. The van der Waals surface area contributed by atoms with E-state index in [1.807, 2.05) is 23.1 Å². The summed E-state index contributed by atoms with van der Waals surface area (Å²) in [6.07, 6.45) is 0. The molecule has 5 heteroatoms. The second kappa shape index (κ2) is 4.91. The van der Waals surface area contributed by atoms with Crippen LogP contribution in [0.3, 0.4) is 0 Å². The van der Waals surface area contributed by atoms with Crippen molar-refractivity contribution < 1.29 is 9.53 Å². The van der Waals surface area contributed by atoms with Gasteiger partial charge in [0, 0.05) is 23.2 Å². The van der Waals surface area contributed by atoms with Crippen molar-refractivity contribution >= 4 is 23.4 Å². The van der Waals surface area contributed by atoms with Crippen molar-refractivity contribution in [3.63, 3.8) is 0 Å². The zero-order valence-electron chi connectivity index (χ0n) is 10.0. The maximum absolute atomic E-state index is 12.5. The lowest BCUT2D eigenvalue weighted by Gasteiger charge is -2.31. The smallest absolute Gasteiger partial charge is 0.234 e. The molecule has 1 aromatic rings. The van der Waals surface area contributed by atoms with Crippen molar-refractivity contribution in [1.29, 1.82) is 0 Å². The van der Waals surface area contributed by atoms with Gasteiger partial charge in [0.2, 0.25) is 5.91 Å². The molecule has 1 fully saturated rings. The largest absolute Gasteiger partial charge is 0.379 e. The number of rotatable bonds is 1. The Morgan fingerprint density at radius 1 is 1.39 bits per heavy atom. The Bertz CT molecular complexity index is 466. The van der Waals surface area contributed by atoms with Crippen molar-refractivity contribution in [2.75, 3.05) is 30.4 Å². The normalized spacial score (nSPS) is 27.1. The molecule has 0 bridgehead atoms. The van der Waals surface area contributed by atoms with E-state index in [9.17, 15) is 4.79 Å². The van der Waals surface area contributed by atoms with Crippen molar-refractivity contribution in [1.82, 2.24) is 0 Å². The Balaban J connectivity index is 1.87. The van der Waals surface area contributed by atoms with E-state index in [1.54, 1.807) is 11.8 Å². The summed E-state index contributed by atoms with van der Waals surface area (Å²) in [7, 11) is 0. The monoisotopic (exact) mass is 264 g/mol. The van der Waals surface area contributed by atoms with Gasteiger partial charge in [0.25, 0.3) is 0 Å². The molecular weight excluding hydrogens is 248 g/mol. The predicted molar refractivity (Wildman–Crippen MR) is 71.8 cm³/mol. The Kier molecular flexibility index (Phi) is 3.28. The highest BCUT2D eigenvalue weighted by Crippen LogP contribution is 2.35. The van der Waals surface area contributed by atoms with Gasteiger partial charge in [-0.25, -0.2) is 0 Å². The lowest BCUT2D eigenvalue weighted by Crippen LogP contribution is -2.45. The van der Waals surface area contributed by atoms with Crippen LogP contribution in [0.4, 0.5) is 5.69 Å². The summed E-state index contributed by atoms with van der Waals surface area (Å²) >= 11 is 1.80.